The number of ether oxygens (including phenoxy) is 2. The van der Waals surface area contributed by atoms with Gasteiger partial charge in [0.1, 0.15) is 6.17 Å². The van der Waals surface area contributed by atoms with E-state index in [1.807, 2.05) is 49.5 Å². The summed E-state index contributed by atoms with van der Waals surface area (Å²) in [6.07, 6.45) is 2.38. The molecule has 2 heterocycles. The molecule has 7 heteroatoms. The van der Waals surface area contributed by atoms with Crippen molar-refractivity contribution in [2.24, 2.45) is 0 Å². The number of urea groups is 1. The Morgan fingerprint density at radius 1 is 1.12 bits per heavy atom. The van der Waals surface area contributed by atoms with Gasteiger partial charge in [0.25, 0.3) is 0 Å². The maximum atomic E-state index is 13.6. The van der Waals surface area contributed by atoms with Crippen LogP contribution in [0, 0.1) is 0 Å². The number of nitrogens with zero attached hydrogens (tertiary/aromatic N) is 2. The minimum absolute atomic E-state index is 0.0466. The molecule has 170 valence electrons. The van der Waals surface area contributed by atoms with Crippen LogP contribution in [0.4, 0.5) is 14.9 Å². The molecule has 0 bridgehead atoms. The van der Waals surface area contributed by atoms with Crippen LogP contribution in [0.5, 0.6) is 11.5 Å². The van der Waals surface area contributed by atoms with Gasteiger partial charge < -0.3 is 19.7 Å². The zero-order chi connectivity index (χ0) is 22.8. The molecule has 0 aromatic heterocycles. The van der Waals surface area contributed by atoms with Gasteiger partial charge in [-0.1, -0.05) is 12.1 Å². The summed E-state index contributed by atoms with van der Waals surface area (Å²) >= 11 is 0. The summed E-state index contributed by atoms with van der Waals surface area (Å²) < 4.78 is 24.7. The summed E-state index contributed by atoms with van der Waals surface area (Å²) in [6.45, 7) is 3.19. The van der Waals surface area contributed by atoms with Gasteiger partial charge in [0, 0.05) is 43.6 Å². The first kappa shape index (κ1) is 22.0. The number of nitrogens with one attached hydrogen (secondary N) is 1. The zero-order valence-corrected chi connectivity index (χ0v) is 19.0. The number of carbonyl (C=O) groups excluding carboxylic acids is 1. The van der Waals surface area contributed by atoms with Gasteiger partial charge >= 0.3 is 6.03 Å². The molecule has 2 aliphatic heterocycles. The molecule has 6 nitrogen and oxygen atoms in total. The van der Waals surface area contributed by atoms with Crippen molar-refractivity contribution in [1.29, 1.82) is 0 Å². The topological polar surface area (TPSA) is 54.0 Å². The summed E-state index contributed by atoms with van der Waals surface area (Å²) in [5.74, 6) is 1.30. The molecule has 0 radical (unpaired) electrons. The molecule has 4 rings (SSSR count). The lowest BCUT2D eigenvalue weighted by molar-refractivity contribution is 0.205. The van der Waals surface area contributed by atoms with Gasteiger partial charge in [0.05, 0.1) is 14.2 Å². The lowest BCUT2D eigenvalue weighted by Gasteiger charge is -2.24. The van der Waals surface area contributed by atoms with Crippen molar-refractivity contribution in [2.45, 2.75) is 32.0 Å². The van der Waals surface area contributed by atoms with Crippen molar-refractivity contribution < 1.29 is 18.7 Å². The van der Waals surface area contributed by atoms with Gasteiger partial charge in [-0.3, -0.25) is 4.90 Å². The van der Waals surface area contributed by atoms with Crippen LogP contribution in [0.25, 0.3) is 5.57 Å². The van der Waals surface area contributed by atoms with Crippen molar-refractivity contribution in [1.82, 2.24) is 10.2 Å². The molecule has 2 aromatic rings. The van der Waals surface area contributed by atoms with E-state index in [9.17, 15) is 9.18 Å². The van der Waals surface area contributed by atoms with E-state index >= 15 is 0 Å². The Bertz CT molecular complexity index is 1020. The third kappa shape index (κ3) is 4.11. The molecule has 1 saturated heterocycles. The molecule has 0 saturated carbocycles. The predicted molar refractivity (Wildman–Crippen MR) is 124 cm³/mol. The SMILES string of the molecule is CNC(=O)N1C=C(c2ccc(N3CC[C@@H](F)C3)cc2)c2cc(OC)c(OC)cc2C[C@@H]1C. The minimum atomic E-state index is -0.767. The second-order valence-corrected chi connectivity index (χ2v) is 8.30. The molecule has 0 spiro atoms. The largest absolute Gasteiger partial charge is 0.493 e. The zero-order valence-electron chi connectivity index (χ0n) is 19.0. The summed E-state index contributed by atoms with van der Waals surface area (Å²) in [7, 11) is 4.87. The smallest absolute Gasteiger partial charge is 0.321 e. The number of amides is 2. The Balaban J connectivity index is 1.80. The fourth-order valence-electron chi connectivity index (χ4n) is 4.52. The van der Waals surface area contributed by atoms with E-state index in [4.69, 9.17) is 9.47 Å². The summed E-state index contributed by atoms with van der Waals surface area (Å²) in [5, 5.41) is 2.74. The molecular formula is C25H30FN3O3. The number of hydrogen-bond donors (Lipinski definition) is 1. The van der Waals surface area contributed by atoms with Crippen LogP contribution < -0.4 is 19.7 Å². The van der Waals surface area contributed by atoms with E-state index in [2.05, 4.69) is 10.2 Å². The number of carbonyl (C=O) groups is 1. The van der Waals surface area contributed by atoms with Gasteiger partial charge in [0.2, 0.25) is 0 Å². The second-order valence-electron chi connectivity index (χ2n) is 8.30. The lowest BCUT2D eigenvalue weighted by atomic mass is 9.92. The highest BCUT2D eigenvalue weighted by Crippen LogP contribution is 2.39. The van der Waals surface area contributed by atoms with Crippen molar-refractivity contribution in [2.75, 3.05) is 39.3 Å². The Morgan fingerprint density at radius 3 is 2.41 bits per heavy atom. The van der Waals surface area contributed by atoms with Crippen LogP contribution in [0.3, 0.4) is 0 Å². The highest BCUT2D eigenvalue weighted by atomic mass is 19.1. The van der Waals surface area contributed by atoms with E-state index in [1.165, 1.54) is 0 Å². The molecule has 1 N–H and O–H groups in total. The van der Waals surface area contributed by atoms with Crippen molar-refractivity contribution in [3.8, 4) is 11.5 Å². The van der Waals surface area contributed by atoms with Crippen LogP contribution in [0.1, 0.15) is 30.0 Å². The van der Waals surface area contributed by atoms with E-state index in [-0.39, 0.29) is 12.1 Å². The van der Waals surface area contributed by atoms with E-state index in [0.29, 0.717) is 30.9 Å². The van der Waals surface area contributed by atoms with Crippen LogP contribution in [0.2, 0.25) is 0 Å². The Morgan fingerprint density at radius 2 is 1.81 bits per heavy atom. The second kappa shape index (κ2) is 9.10. The third-order valence-electron chi connectivity index (χ3n) is 6.28. The quantitative estimate of drug-likeness (QED) is 0.775. The number of anilines is 1. The van der Waals surface area contributed by atoms with Crippen molar-refractivity contribution in [3.63, 3.8) is 0 Å². The number of fused-ring (bicyclic) bond motifs is 1. The van der Waals surface area contributed by atoms with Gasteiger partial charge in [-0.05, 0) is 60.7 Å². The molecule has 32 heavy (non-hydrogen) atoms. The number of rotatable bonds is 4. The third-order valence-corrected chi connectivity index (χ3v) is 6.28. The highest BCUT2D eigenvalue weighted by molar-refractivity contribution is 5.87. The molecule has 0 aliphatic carbocycles. The molecule has 2 amide bonds. The number of benzene rings is 2. The van der Waals surface area contributed by atoms with Gasteiger partial charge in [-0.15, -0.1) is 0 Å². The monoisotopic (exact) mass is 439 g/mol. The number of methoxy groups -OCH3 is 2. The minimum Gasteiger partial charge on any atom is -0.493 e. The van der Waals surface area contributed by atoms with Gasteiger partial charge in [0.15, 0.2) is 11.5 Å². The molecule has 1 fully saturated rings. The van der Waals surface area contributed by atoms with Crippen LogP contribution in [-0.2, 0) is 6.42 Å². The normalized spacial score (nSPS) is 20.3. The Labute approximate surface area is 188 Å². The van der Waals surface area contributed by atoms with Gasteiger partial charge in [-0.25, -0.2) is 9.18 Å². The Hall–Kier alpha value is -3.22. The molecule has 2 aromatic carbocycles. The van der Waals surface area contributed by atoms with Gasteiger partial charge in [-0.2, -0.15) is 0 Å². The average molecular weight is 440 g/mol. The van der Waals surface area contributed by atoms with E-state index < -0.39 is 6.17 Å². The molecule has 2 atom stereocenters. The first-order chi connectivity index (χ1) is 15.4. The fraction of sp³-hybridized carbons (Fsp3) is 0.400. The van der Waals surface area contributed by atoms with Crippen LogP contribution >= 0.6 is 0 Å². The summed E-state index contributed by atoms with van der Waals surface area (Å²) in [4.78, 5) is 16.4. The van der Waals surface area contributed by atoms with E-state index in [0.717, 1.165) is 34.5 Å². The van der Waals surface area contributed by atoms with Crippen molar-refractivity contribution in [3.05, 3.63) is 59.3 Å². The average Bonchev–Trinajstić information content (AvgIpc) is 3.19. The molecule has 2 aliphatic rings. The maximum Gasteiger partial charge on any atom is 0.321 e. The maximum absolute atomic E-state index is 13.6. The molecule has 0 unspecified atom stereocenters. The first-order valence-corrected chi connectivity index (χ1v) is 10.9. The molecular weight excluding hydrogens is 409 g/mol. The van der Waals surface area contributed by atoms with Crippen LogP contribution in [-0.4, -0.2) is 57.5 Å². The van der Waals surface area contributed by atoms with Crippen LogP contribution in [0.15, 0.2) is 42.6 Å². The first-order valence-electron chi connectivity index (χ1n) is 10.9. The Kier molecular flexibility index (Phi) is 6.26. The summed E-state index contributed by atoms with van der Waals surface area (Å²) in [6, 6.07) is 11.9. The standard InChI is InChI=1S/C25H30FN3O3/c1-16-11-18-12-23(31-3)24(32-4)13-21(18)22(15-29(16)25(30)27-2)17-5-7-20(8-6-17)28-10-9-19(26)14-28/h5-8,12-13,15-16,19H,9-11,14H2,1-4H3,(H,27,30)/t16-,19+/m0/s1. The highest BCUT2D eigenvalue weighted by Gasteiger charge is 2.27. The predicted octanol–water partition coefficient (Wildman–Crippen LogP) is 4.23. The lowest BCUT2D eigenvalue weighted by Crippen LogP contribution is -2.40. The number of hydrogen-bond acceptors (Lipinski definition) is 4. The number of halogens is 1. The number of alkyl halides is 1. The van der Waals surface area contributed by atoms with Crippen molar-refractivity contribution >= 4 is 17.3 Å². The van der Waals surface area contributed by atoms with E-state index in [1.54, 1.807) is 26.2 Å². The fourth-order valence-corrected chi connectivity index (χ4v) is 4.52. The summed E-state index contributed by atoms with van der Waals surface area (Å²) in [5.41, 5.74) is 4.98.